The molecule has 210 valence electrons. The first-order valence-electron chi connectivity index (χ1n) is 13.8. The summed E-state index contributed by atoms with van der Waals surface area (Å²) in [6.07, 6.45) is 3.79. The Labute approximate surface area is 233 Å². The predicted octanol–water partition coefficient (Wildman–Crippen LogP) is 6.10. The Hall–Kier alpha value is -3.24. The summed E-state index contributed by atoms with van der Waals surface area (Å²) in [4.78, 5) is 26.0. The molecular weight excluding hydrogens is 506 g/mol. The van der Waals surface area contributed by atoms with Gasteiger partial charge in [0.05, 0.1) is 22.8 Å². The van der Waals surface area contributed by atoms with E-state index < -0.39 is 8.07 Å². The van der Waals surface area contributed by atoms with Crippen LogP contribution in [-0.4, -0.2) is 59.5 Å². The number of hydrogen-bond acceptors (Lipinski definition) is 7. The average Bonchev–Trinajstić information content (AvgIpc) is 3.29. The zero-order valence-corrected chi connectivity index (χ0v) is 25.8. The average molecular weight is 550 g/mol. The number of carbonyl (C=O) groups excluding carboxylic acids is 1. The molecule has 1 aliphatic rings. The molecule has 3 aromatic rings. The van der Waals surface area contributed by atoms with E-state index in [0.717, 1.165) is 46.7 Å². The van der Waals surface area contributed by atoms with Crippen LogP contribution in [0, 0.1) is 0 Å². The van der Waals surface area contributed by atoms with Gasteiger partial charge in [0.15, 0.2) is 0 Å². The van der Waals surface area contributed by atoms with E-state index in [9.17, 15) is 4.79 Å². The Balaban J connectivity index is 1.57. The molecule has 1 N–H and O–H groups in total. The lowest BCUT2D eigenvalue weighted by Gasteiger charge is -2.42. The summed E-state index contributed by atoms with van der Waals surface area (Å²) in [5.74, 6) is 0.834. The highest BCUT2D eigenvalue weighted by atomic mass is 28.3. The van der Waals surface area contributed by atoms with Crippen LogP contribution >= 0.6 is 0 Å². The molecule has 39 heavy (non-hydrogen) atoms. The maximum atomic E-state index is 12.8. The number of carbonyl (C=O) groups is 1. The largest absolute Gasteiger partial charge is 0.360 e. The van der Waals surface area contributed by atoms with Gasteiger partial charge in [0, 0.05) is 51.4 Å². The van der Waals surface area contributed by atoms with Gasteiger partial charge in [0.25, 0.3) is 0 Å². The summed E-state index contributed by atoms with van der Waals surface area (Å²) in [5, 5.41) is 8.19. The van der Waals surface area contributed by atoms with Crippen LogP contribution in [0.4, 0.5) is 23.0 Å². The van der Waals surface area contributed by atoms with Crippen LogP contribution in [0.1, 0.15) is 46.2 Å². The van der Waals surface area contributed by atoms with Gasteiger partial charge in [-0.1, -0.05) is 33.5 Å². The predicted molar refractivity (Wildman–Crippen MR) is 162 cm³/mol. The number of rotatable bonds is 10. The standard InChI is InChI=1S/C29H43N7O2Si/c1-19(2)27-23(17-35(33-27)18-38-14-15-39(7,8)9)24-12-13-30-29(32-24)31-22-10-11-25-26(16-22)36(20(3)4)21(5)28(37)34(25)6/h10-13,16-17,19-21H,14-15,18H2,1-9H3,(H,30,31,32). The van der Waals surface area contributed by atoms with Crippen LogP contribution < -0.4 is 15.1 Å². The van der Waals surface area contributed by atoms with Gasteiger partial charge in [-0.3, -0.25) is 4.79 Å². The van der Waals surface area contributed by atoms with Gasteiger partial charge in [0.1, 0.15) is 12.8 Å². The first-order chi connectivity index (χ1) is 18.4. The van der Waals surface area contributed by atoms with Crippen molar-refractivity contribution in [3.63, 3.8) is 0 Å². The summed E-state index contributed by atoms with van der Waals surface area (Å²) in [6, 6.07) is 8.99. The molecule has 1 amide bonds. The van der Waals surface area contributed by atoms with Crippen molar-refractivity contribution in [1.82, 2.24) is 19.7 Å². The van der Waals surface area contributed by atoms with Crippen molar-refractivity contribution in [3.8, 4) is 11.3 Å². The molecule has 0 aliphatic carbocycles. The van der Waals surface area contributed by atoms with Gasteiger partial charge < -0.3 is 19.9 Å². The third kappa shape index (κ3) is 6.50. The Morgan fingerprint density at radius 1 is 1.10 bits per heavy atom. The molecule has 3 heterocycles. The van der Waals surface area contributed by atoms with Crippen molar-refractivity contribution in [1.29, 1.82) is 0 Å². The fraction of sp³-hybridized carbons (Fsp3) is 0.517. The van der Waals surface area contributed by atoms with Crippen molar-refractivity contribution < 1.29 is 9.53 Å². The van der Waals surface area contributed by atoms with Crippen molar-refractivity contribution in [2.75, 3.05) is 28.8 Å². The quantitative estimate of drug-likeness (QED) is 0.241. The maximum Gasteiger partial charge on any atom is 0.249 e. The highest BCUT2D eigenvalue weighted by molar-refractivity contribution is 6.76. The summed E-state index contributed by atoms with van der Waals surface area (Å²) >= 11 is 0. The zero-order chi connectivity index (χ0) is 28.5. The van der Waals surface area contributed by atoms with Crippen LogP contribution in [0.15, 0.2) is 36.7 Å². The summed E-state index contributed by atoms with van der Waals surface area (Å²) in [6.45, 7) is 18.7. The topological polar surface area (TPSA) is 88.4 Å². The minimum absolute atomic E-state index is 0.0934. The molecule has 0 fully saturated rings. The van der Waals surface area contributed by atoms with E-state index in [1.807, 2.05) is 43.0 Å². The number of ether oxygens (including phenoxy) is 1. The Morgan fingerprint density at radius 3 is 2.51 bits per heavy atom. The third-order valence-corrected chi connectivity index (χ3v) is 8.73. The first kappa shape index (κ1) is 28.8. The number of fused-ring (bicyclic) bond motifs is 1. The summed E-state index contributed by atoms with van der Waals surface area (Å²) in [5.41, 5.74) is 5.55. The van der Waals surface area contributed by atoms with Gasteiger partial charge in [-0.25, -0.2) is 14.6 Å². The molecule has 1 aromatic carbocycles. The van der Waals surface area contributed by atoms with Crippen LogP contribution in [0.25, 0.3) is 11.3 Å². The van der Waals surface area contributed by atoms with Gasteiger partial charge in [-0.05, 0) is 57.0 Å². The van der Waals surface area contributed by atoms with Gasteiger partial charge in [-0.2, -0.15) is 5.10 Å². The molecule has 10 heteroatoms. The van der Waals surface area contributed by atoms with Gasteiger partial charge in [-0.15, -0.1) is 0 Å². The lowest BCUT2D eigenvalue weighted by Crippen LogP contribution is -2.53. The fourth-order valence-corrected chi connectivity index (χ4v) is 5.66. The zero-order valence-electron chi connectivity index (χ0n) is 24.8. The SMILES string of the molecule is CC(C)c1nn(COCC[Si](C)(C)C)cc1-c1ccnc(Nc2ccc3c(c2)N(C(C)C)C(C)C(=O)N3C)n1. The Morgan fingerprint density at radius 2 is 1.85 bits per heavy atom. The molecule has 0 bridgehead atoms. The maximum absolute atomic E-state index is 12.8. The van der Waals surface area contributed by atoms with E-state index in [-0.39, 0.29) is 23.9 Å². The van der Waals surface area contributed by atoms with E-state index in [1.165, 1.54) is 0 Å². The highest BCUT2D eigenvalue weighted by Gasteiger charge is 2.35. The van der Waals surface area contributed by atoms with Crippen LogP contribution in [0.5, 0.6) is 0 Å². The third-order valence-electron chi connectivity index (χ3n) is 7.02. The number of benzene rings is 1. The first-order valence-corrected chi connectivity index (χ1v) is 17.5. The molecule has 0 saturated carbocycles. The minimum Gasteiger partial charge on any atom is -0.360 e. The number of likely N-dealkylation sites (N-methyl/N-ethyl adjacent to an activating group) is 1. The van der Waals surface area contributed by atoms with E-state index in [2.05, 4.69) is 68.6 Å². The highest BCUT2D eigenvalue weighted by Crippen LogP contribution is 2.39. The fourth-order valence-electron chi connectivity index (χ4n) is 4.90. The van der Waals surface area contributed by atoms with Crippen molar-refractivity contribution in [2.45, 2.75) is 85.0 Å². The number of aromatic nitrogens is 4. The molecule has 1 aliphatic heterocycles. The smallest absolute Gasteiger partial charge is 0.249 e. The van der Waals surface area contributed by atoms with E-state index in [4.69, 9.17) is 14.8 Å². The second kappa shape index (κ2) is 11.5. The summed E-state index contributed by atoms with van der Waals surface area (Å²) < 4.78 is 7.80. The van der Waals surface area contributed by atoms with Crippen molar-refractivity contribution in [2.24, 2.45) is 0 Å². The molecule has 0 radical (unpaired) electrons. The second-order valence-corrected chi connectivity index (χ2v) is 17.8. The van der Waals surface area contributed by atoms with Crippen LogP contribution in [0.2, 0.25) is 25.7 Å². The van der Waals surface area contributed by atoms with E-state index in [1.54, 1.807) is 11.1 Å². The molecular formula is C29H43N7O2Si. The lowest BCUT2D eigenvalue weighted by molar-refractivity contribution is -0.119. The molecule has 1 atom stereocenters. The Bertz CT molecular complexity index is 1320. The molecule has 2 aromatic heterocycles. The van der Waals surface area contributed by atoms with Gasteiger partial charge in [0.2, 0.25) is 11.9 Å². The number of hydrogen-bond donors (Lipinski definition) is 1. The van der Waals surface area contributed by atoms with Crippen molar-refractivity contribution in [3.05, 3.63) is 42.4 Å². The molecule has 0 spiro atoms. The molecule has 4 rings (SSSR count). The van der Waals surface area contributed by atoms with E-state index >= 15 is 0 Å². The second-order valence-electron chi connectivity index (χ2n) is 12.1. The number of anilines is 4. The molecule has 1 unspecified atom stereocenters. The monoisotopic (exact) mass is 549 g/mol. The number of nitrogens with one attached hydrogen (secondary N) is 1. The number of nitrogens with zero attached hydrogens (tertiary/aromatic N) is 6. The van der Waals surface area contributed by atoms with E-state index in [0.29, 0.717) is 12.7 Å². The van der Waals surface area contributed by atoms with Crippen LogP contribution in [-0.2, 0) is 16.3 Å². The normalized spacial score (nSPS) is 15.9. The lowest BCUT2D eigenvalue weighted by atomic mass is 10.0. The molecule has 9 nitrogen and oxygen atoms in total. The number of amides is 1. The van der Waals surface area contributed by atoms with Crippen LogP contribution in [0.3, 0.4) is 0 Å². The minimum atomic E-state index is -1.14. The van der Waals surface area contributed by atoms with Gasteiger partial charge >= 0.3 is 0 Å². The summed E-state index contributed by atoms with van der Waals surface area (Å²) in [7, 11) is 0.696. The Kier molecular flexibility index (Phi) is 8.46. The van der Waals surface area contributed by atoms with Crippen molar-refractivity contribution >= 4 is 37.0 Å². The molecule has 0 saturated heterocycles.